The molecule has 1 aliphatic rings. The molecule has 124 valence electrons. The van der Waals surface area contributed by atoms with Crippen LogP contribution in [-0.4, -0.2) is 37.9 Å². The minimum atomic E-state index is 0.428. The van der Waals surface area contributed by atoms with Gasteiger partial charge in [-0.1, -0.05) is 35.5 Å². The lowest BCUT2D eigenvalue weighted by atomic mass is 10.1. The Labute approximate surface area is 145 Å². The van der Waals surface area contributed by atoms with E-state index in [2.05, 4.69) is 45.5 Å². The molecule has 5 nitrogen and oxygen atoms in total. The lowest BCUT2D eigenvalue weighted by Crippen LogP contribution is -2.35. The standard InChI is InChI=1S/C18H20N4OS/c1-21-11-15(10-19-21)17-9-16(23-20-17)12-22-7-8-24-13-18(22)14-5-3-2-4-6-14/h2-6,9-11,18H,7-8,12-13H2,1H3/t18-/m0/s1. The first-order chi connectivity index (χ1) is 11.8. The quantitative estimate of drug-likeness (QED) is 0.729. The van der Waals surface area contributed by atoms with Gasteiger partial charge < -0.3 is 4.52 Å². The molecule has 1 aromatic carbocycles. The summed E-state index contributed by atoms with van der Waals surface area (Å²) in [5, 5.41) is 8.39. The predicted molar refractivity (Wildman–Crippen MR) is 95.6 cm³/mol. The van der Waals surface area contributed by atoms with E-state index in [1.807, 2.05) is 37.3 Å². The zero-order valence-electron chi connectivity index (χ0n) is 13.6. The predicted octanol–water partition coefficient (Wildman–Crippen LogP) is 3.37. The number of rotatable bonds is 4. The molecule has 0 N–H and O–H groups in total. The number of nitrogens with zero attached hydrogens (tertiary/aromatic N) is 4. The summed E-state index contributed by atoms with van der Waals surface area (Å²) in [5.41, 5.74) is 3.21. The summed E-state index contributed by atoms with van der Waals surface area (Å²) in [5.74, 6) is 3.18. The fourth-order valence-electron chi connectivity index (χ4n) is 3.09. The first kappa shape index (κ1) is 15.5. The zero-order chi connectivity index (χ0) is 16.4. The normalized spacial score (nSPS) is 18.8. The minimum absolute atomic E-state index is 0.428. The van der Waals surface area contributed by atoms with Gasteiger partial charge in [0.15, 0.2) is 5.76 Å². The smallest absolute Gasteiger partial charge is 0.151 e. The Morgan fingerprint density at radius 1 is 1.29 bits per heavy atom. The van der Waals surface area contributed by atoms with Crippen molar-refractivity contribution >= 4 is 11.8 Å². The Bertz CT molecular complexity index is 798. The molecule has 0 bridgehead atoms. The van der Waals surface area contributed by atoms with E-state index in [-0.39, 0.29) is 0 Å². The zero-order valence-corrected chi connectivity index (χ0v) is 14.4. The summed E-state index contributed by atoms with van der Waals surface area (Å²) in [4.78, 5) is 2.49. The summed E-state index contributed by atoms with van der Waals surface area (Å²) in [6.07, 6.45) is 3.76. The first-order valence-electron chi connectivity index (χ1n) is 8.11. The molecule has 0 aliphatic carbocycles. The fourth-order valence-corrected chi connectivity index (χ4v) is 4.24. The fraction of sp³-hybridized carbons (Fsp3) is 0.333. The highest BCUT2D eigenvalue weighted by atomic mass is 32.2. The van der Waals surface area contributed by atoms with Crippen molar-refractivity contribution < 1.29 is 4.52 Å². The number of hydrogen-bond acceptors (Lipinski definition) is 5. The van der Waals surface area contributed by atoms with Crippen LogP contribution in [0.1, 0.15) is 17.4 Å². The molecular weight excluding hydrogens is 320 g/mol. The molecule has 0 saturated carbocycles. The third kappa shape index (κ3) is 3.25. The van der Waals surface area contributed by atoms with Gasteiger partial charge in [-0.05, 0) is 5.56 Å². The Hall–Kier alpha value is -2.05. The number of aromatic nitrogens is 3. The van der Waals surface area contributed by atoms with E-state index >= 15 is 0 Å². The lowest BCUT2D eigenvalue weighted by molar-refractivity contribution is 0.187. The molecule has 0 spiro atoms. The van der Waals surface area contributed by atoms with Gasteiger partial charge in [-0.15, -0.1) is 0 Å². The highest BCUT2D eigenvalue weighted by Crippen LogP contribution is 2.31. The Morgan fingerprint density at radius 3 is 2.96 bits per heavy atom. The van der Waals surface area contributed by atoms with E-state index in [9.17, 15) is 0 Å². The van der Waals surface area contributed by atoms with E-state index in [0.29, 0.717) is 6.04 Å². The van der Waals surface area contributed by atoms with Crippen LogP contribution in [0.25, 0.3) is 11.3 Å². The van der Waals surface area contributed by atoms with Gasteiger partial charge in [0.25, 0.3) is 0 Å². The third-order valence-corrected chi connectivity index (χ3v) is 5.36. The van der Waals surface area contributed by atoms with Crippen LogP contribution in [-0.2, 0) is 13.6 Å². The Balaban J connectivity index is 1.52. The number of benzene rings is 1. The van der Waals surface area contributed by atoms with E-state index < -0.39 is 0 Å². The monoisotopic (exact) mass is 340 g/mol. The molecule has 0 amide bonds. The highest BCUT2D eigenvalue weighted by molar-refractivity contribution is 7.99. The maximum atomic E-state index is 5.58. The summed E-state index contributed by atoms with van der Waals surface area (Å²) in [7, 11) is 1.90. The van der Waals surface area contributed by atoms with Gasteiger partial charge in [0.2, 0.25) is 0 Å². The van der Waals surface area contributed by atoms with Crippen LogP contribution in [0.5, 0.6) is 0 Å². The summed E-state index contributed by atoms with van der Waals surface area (Å²) >= 11 is 2.02. The second-order valence-electron chi connectivity index (χ2n) is 6.05. The van der Waals surface area contributed by atoms with Crippen molar-refractivity contribution in [2.24, 2.45) is 7.05 Å². The molecule has 6 heteroatoms. The molecule has 0 radical (unpaired) electrons. The van der Waals surface area contributed by atoms with Crippen LogP contribution < -0.4 is 0 Å². The third-order valence-electron chi connectivity index (χ3n) is 4.34. The van der Waals surface area contributed by atoms with Gasteiger partial charge in [0.05, 0.1) is 12.7 Å². The van der Waals surface area contributed by atoms with Crippen LogP contribution in [0.15, 0.2) is 53.3 Å². The molecule has 2 aromatic heterocycles. The van der Waals surface area contributed by atoms with Crippen LogP contribution >= 0.6 is 11.8 Å². The van der Waals surface area contributed by atoms with Crippen LogP contribution in [0.2, 0.25) is 0 Å². The van der Waals surface area contributed by atoms with Crippen molar-refractivity contribution in [2.75, 3.05) is 18.1 Å². The average molecular weight is 340 g/mol. The van der Waals surface area contributed by atoms with Gasteiger partial charge in [-0.3, -0.25) is 9.58 Å². The second kappa shape index (κ2) is 6.83. The van der Waals surface area contributed by atoms with Gasteiger partial charge in [0.1, 0.15) is 5.69 Å². The van der Waals surface area contributed by atoms with Gasteiger partial charge in [0, 0.05) is 49.0 Å². The van der Waals surface area contributed by atoms with Gasteiger partial charge in [-0.2, -0.15) is 16.9 Å². The second-order valence-corrected chi connectivity index (χ2v) is 7.20. The molecular formula is C18H20N4OS. The maximum absolute atomic E-state index is 5.58. The molecule has 24 heavy (non-hydrogen) atoms. The molecule has 4 rings (SSSR count). The Kier molecular flexibility index (Phi) is 4.40. The minimum Gasteiger partial charge on any atom is -0.359 e. The lowest BCUT2D eigenvalue weighted by Gasteiger charge is -2.34. The largest absolute Gasteiger partial charge is 0.359 e. The molecule has 1 aliphatic heterocycles. The van der Waals surface area contributed by atoms with Crippen LogP contribution in [0, 0.1) is 0 Å². The van der Waals surface area contributed by atoms with Crippen molar-refractivity contribution in [3.63, 3.8) is 0 Å². The number of hydrogen-bond donors (Lipinski definition) is 0. The van der Waals surface area contributed by atoms with Gasteiger partial charge >= 0.3 is 0 Å². The SMILES string of the molecule is Cn1cc(-c2cc(CN3CCSC[C@H]3c3ccccc3)on2)cn1. The maximum Gasteiger partial charge on any atom is 0.151 e. The molecule has 1 atom stereocenters. The van der Waals surface area contributed by atoms with Crippen molar-refractivity contribution in [2.45, 2.75) is 12.6 Å². The molecule has 3 aromatic rings. The highest BCUT2D eigenvalue weighted by Gasteiger charge is 2.25. The average Bonchev–Trinajstić information content (AvgIpc) is 3.25. The van der Waals surface area contributed by atoms with Crippen molar-refractivity contribution in [1.82, 2.24) is 19.8 Å². The van der Waals surface area contributed by atoms with Crippen molar-refractivity contribution in [3.8, 4) is 11.3 Å². The van der Waals surface area contributed by atoms with Crippen molar-refractivity contribution in [3.05, 3.63) is 60.1 Å². The van der Waals surface area contributed by atoms with Gasteiger partial charge in [-0.25, -0.2) is 0 Å². The summed E-state index contributed by atoms with van der Waals surface area (Å²) < 4.78 is 7.35. The van der Waals surface area contributed by atoms with Crippen molar-refractivity contribution in [1.29, 1.82) is 0 Å². The van der Waals surface area contributed by atoms with E-state index in [1.165, 1.54) is 5.56 Å². The van der Waals surface area contributed by atoms with E-state index in [4.69, 9.17) is 4.52 Å². The summed E-state index contributed by atoms with van der Waals surface area (Å²) in [6, 6.07) is 13.2. The Morgan fingerprint density at radius 2 is 2.17 bits per heavy atom. The number of thioether (sulfide) groups is 1. The van der Waals surface area contributed by atoms with Crippen LogP contribution in [0.4, 0.5) is 0 Å². The molecule has 1 fully saturated rings. The number of aryl methyl sites for hydroxylation is 1. The molecule has 1 saturated heterocycles. The van der Waals surface area contributed by atoms with Crippen LogP contribution in [0.3, 0.4) is 0 Å². The van der Waals surface area contributed by atoms with E-state index in [1.54, 1.807) is 4.68 Å². The van der Waals surface area contributed by atoms with E-state index in [0.717, 1.165) is 41.6 Å². The topological polar surface area (TPSA) is 47.1 Å². The molecule has 0 unspecified atom stereocenters. The first-order valence-corrected chi connectivity index (χ1v) is 9.26. The molecule has 3 heterocycles. The summed E-state index contributed by atoms with van der Waals surface area (Å²) in [6.45, 7) is 1.85.